The van der Waals surface area contributed by atoms with Crippen LogP contribution in [0.15, 0.2) is 0 Å². The lowest BCUT2D eigenvalue weighted by molar-refractivity contribution is -0.873. The number of carboxylic acid groups (broad SMARTS) is 1. The van der Waals surface area contributed by atoms with Gasteiger partial charge in [-0.1, -0.05) is 0 Å². The molecule has 0 unspecified atom stereocenters. The van der Waals surface area contributed by atoms with Crippen molar-refractivity contribution in [1.29, 1.82) is 1.43 Å². The van der Waals surface area contributed by atoms with Crippen molar-refractivity contribution in [1.82, 2.24) is 0 Å². The SMILES string of the molecule is [2H]O[C@H](C([2H])([2H])C(=O)[O-])C([2H])([2H])[N+](C)(C)C. The Balaban J connectivity index is 5.39. The predicted octanol–water partition coefficient (Wildman–Crippen LogP) is -1.81. The Morgan fingerprint density at radius 2 is 2.36 bits per heavy atom. The molecule has 1 atom stereocenters. The highest BCUT2D eigenvalue weighted by Crippen LogP contribution is 1.97. The molecule has 66 valence electrons. The number of hydrogen-bond donors (Lipinski definition) is 1. The van der Waals surface area contributed by atoms with Crippen LogP contribution >= 0.6 is 0 Å². The fourth-order valence-electron chi connectivity index (χ4n) is 0.491. The maximum Gasteiger partial charge on any atom is 0.211 e. The molecule has 4 heteroatoms. The van der Waals surface area contributed by atoms with Crippen LogP contribution < -0.4 is 5.11 Å². The highest BCUT2D eigenvalue weighted by molar-refractivity contribution is 5.64. The Kier molecular flexibility index (Phi) is 1.48. The van der Waals surface area contributed by atoms with Gasteiger partial charge in [0.2, 0.25) is 1.43 Å². The Bertz CT molecular complexity index is 276. The van der Waals surface area contributed by atoms with Crippen molar-refractivity contribution in [2.45, 2.75) is 12.5 Å². The van der Waals surface area contributed by atoms with E-state index in [0.29, 0.717) is 0 Å². The zero-order chi connectivity index (χ0) is 13.4. The Hall–Kier alpha value is -0.610. The van der Waals surface area contributed by atoms with Crippen LogP contribution in [0.25, 0.3) is 0 Å². The molecule has 11 heavy (non-hydrogen) atoms. The van der Waals surface area contributed by atoms with Crippen molar-refractivity contribution in [3.63, 3.8) is 0 Å². The van der Waals surface area contributed by atoms with Gasteiger partial charge in [-0.05, 0) is 0 Å². The molecule has 0 rings (SSSR count). The molecule has 0 aliphatic heterocycles. The van der Waals surface area contributed by atoms with Crippen molar-refractivity contribution in [2.75, 3.05) is 27.6 Å². The normalized spacial score (nSPS) is 23.7. The predicted molar refractivity (Wildman–Crippen MR) is 38.5 cm³/mol. The summed E-state index contributed by atoms with van der Waals surface area (Å²) in [4.78, 5) is 10.6. The first-order chi connectivity index (χ1) is 6.89. The van der Waals surface area contributed by atoms with E-state index in [0.717, 1.165) is 0 Å². The van der Waals surface area contributed by atoms with Gasteiger partial charge in [0.25, 0.3) is 0 Å². The van der Waals surface area contributed by atoms with Gasteiger partial charge in [0.15, 0.2) is 0 Å². The van der Waals surface area contributed by atoms with Crippen LogP contribution in [0.3, 0.4) is 0 Å². The van der Waals surface area contributed by atoms with Gasteiger partial charge in [0, 0.05) is 15.1 Å². The number of likely N-dealkylation sites (N-methyl/N-ethyl adjacent to an activating group) is 1. The van der Waals surface area contributed by atoms with Crippen molar-refractivity contribution in [3.05, 3.63) is 0 Å². The first kappa shape index (κ1) is 4.42. The molecule has 1 N–H and O–H groups in total. The number of aliphatic carboxylic acids is 1. The van der Waals surface area contributed by atoms with Crippen LogP contribution in [0.5, 0.6) is 0 Å². The second kappa shape index (κ2) is 3.69. The fraction of sp³-hybridized carbons (Fsp3) is 0.857. The minimum Gasteiger partial charge on any atom is -0.550 e. The van der Waals surface area contributed by atoms with Gasteiger partial charge in [-0.3, -0.25) is 0 Å². The second-order valence-electron chi connectivity index (χ2n) is 2.95. The third kappa shape index (κ3) is 7.29. The number of aliphatic hydroxyl groups excluding tert-OH is 1. The molecule has 0 aliphatic carbocycles. The molecular formula is C7H15NO3. The molecule has 0 spiro atoms. The molecule has 0 amide bonds. The molecule has 0 saturated carbocycles. The van der Waals surface area contributed by atoms with Crippen molar-refractivity contribution in [3.8, 4) is 0 Å². The summed E-state index contributed by atoms with van der Waals surface area (Å²) in [6, 6.07) is 0. The van der Waals surface area contributed by atoms with Crippen LogP contribution in [0, 0.1) is 0 Å². The first-order valence-corrected chi connectivity index (χ1v) is 3.04. The summed E-state index contributed by atoms with van der Waals surface area (Å²) in [5.74, 6) is -2.11. The topological polar surface area (TPSA) is 60.4 Å². The highest BCUT2D eigenvalue weighted by atomic mass is 16.4. The summed E-state index contributed by atoms with van der Waals surface area (Å²) < 4.78 is 35.9. The Morgan fingerprint density at radius 3 is 2.64 bits per heavy atom. The summed E-state index contributed by atoms with van der Waals surface area (Å²) in [7, 11) is 4.20. The van der Waals surface area contributed by atoms with Crippen LogP contribution in [0.4, 0.5) is 0 Å². The van der Waals surface area contributed by atoms with Crippen molar-refractivity contribution < 1.29 is 25.0 Å². The fourth-order valence-corrected chi connectivity index (χ4v) is 0.491. The monoisotopic (exact) mass is 166 g/mol. The third-order valence-corrected chi connectivity index (χ3v) is 0.753. The van der Waals surface area contributed by atoms with E-state index in [1.807, 2.05) is 0 Å². The van der Waals surface area contributed by atoms with Crippen LogP contribution in [-0.2, 0) is 4.79 Å². The molecule has 4 nitrogen and oxygen atoms in total. The molecule has 0 aromatic heterocycles. The van der Waals surface area contributed by atoms with Gasteiger partial charge in [0.1, 0.15) is 12.6 Å². The maximum absolute atomic E-state index is 10.6. The molecule has 0 aromatic rings. The first-order valence-electron chi connectivity index (χ1n) is 5.44. The number of quaternary nitrogens is 1. The molecule has 0 bridgehead atoms. The largest absolute Gasteiger partial charge is 0.550 e. The summed E-state index contributed by atoms with van der Waals surface area (Å²) in [5.41, 5.74) is 0. The number of aliphatic hydroxyl groups is 1. The van der Waals surface area contributed by atoms with Gasteiger partial charge in [0.05, 0.1) is 23.9 Å². The number of carbonyl (C=O) groups excluding carboxylic acids is 1. The van der Waals surface area contributed by atoms with Gasteiger partial charge in [-0.15, -0.1) is 0 Å². The molecule has 0 aromatic carbocycles. The quantitative estimate of drug-likeness (QED) is 0.490. The molecule has 0 fully saturated rings. The Morgan fingerprint density at radius 1 is 1.82 bits per heavy atom. The van der Waals surface area contributed by atoms with Gasteiger partial charge in [-0.25, -0.2) is 0 Å². The Labute approximate surface area is 73.8 Å². The van der Waals surface area contributed by atoms with Crippen LogP contribution in [0.1, 0.15) is 11.9 Å². The highest BCUT2D eigenvalue weighted by Gasteiger charge is 2.14. The molecule has 0 aliphatic rings. The van der Waals surface area contributed by atoms with Gasteiger partial charge >= 0.3 is 0 Å². The van der Waals surface area contributed by atoms with Gasteiger partial charge < -0.3 is 19.5 Å². The number of rotatable bonds is 5. The van der Waals surface area contributed by atoms with E-state index in [4.69, 9.17) is 6.91 Å². The minimum absolute atomic E-state index is 0.413. The van der Waals surface area contributed by atoms with E-state index in [9.17, 15) is 9.90 Å². The molecule has 0 heterocycles. The lowest BCUT2D eigenvalue weighted by Crippen LogP contribution is -2.43. The average Bonchev–Trinajstić information content (AvgIpc) is 2.01. The summed E-state index contributed by atoms with van der Waals surface area (Å²) in [5, 5.41) is 14.5. The molecule has 0 radical (unpaired) electrons. The van der Waals surface area contributed by atoms with E-state index in [-0.39, 0.29) is 0 Å². The zero-order valence-corrected chi connectivity index (χ0v) is 6.75. The lowest BCUT2D eigenvalue weighted by atomic mass is 10.2. The zero-order valence-electron chi connectivity index (χ0n) is 11.7. The van der Waals surface area contributed by atoms with Crippen LogP contribution in [-0.4, -0.2) is 50.7 Å². The van der Waals surface area contributed by atoms with Crippen LogP contribution in [0.2, 0.25) is 0 Å². The average molecular weight is 166 g/mol. The van der Waals surface area contributed by atoms with E-state index in [1.165, 1.54) is 21.1 Å². The number of carbonyl (C=O) groups is 1. The second-order valence-corrected chi connectivity index (χ2v) is 2.95. The smallest absolute Gasteiger partial charge is 0.211 e. The number of hydrogen-bond acceptors (Lipinski definition) is 3. The summed E-state index contributed by atoms with van der Waals surface area (Å²) in [6.07, 6.45) is -5.18. The maximum atomic E-state index is 10.6. The number of carboxylic acids is 1. The molecule has 0 saturated heterocycles. The number of nitrogens with zero attached hydrogens (tertiary/aromatic N) is 1. The minimum atomic E-state index is -3.09. The summed E-state index contributed by atoms with van der Waals surface area (Å²) in [6.45, 7) is -2.40. The van der Waals surface area contributed by atoms with Gasteiger partial charge in [-0.2, -0.15) is 0 Å². The summed E-state index contributed by atoms with van der Waals surface area (Å²) >= 11 is 0. The lowest BCUT2D eigenvalue weighted by Gasteiger charge is -2.26. The van der Waals surface area contributed by atoms with Crippen molar-refractivity contribution in [2.24, 2.45) is 0 Å². The van der Waals surface area contributed by atoms with E-state index in [2.05, 4.69) is 5.11 Å². The van der Waals surface area contributed by atoms with E-state index < -0.39 is 29.4 Å². The van der Waals surface area contributed by atoms with E-state index in [1.54, 1.807) is 0 Å². The van der Waals surface area contributed by atoms with Crippen molar-refractivity contribution >= 4 is 5.97 Å². The van der Waals surface area contributed by atoms with E-state index >= 15 is 0 Å². The molecular weight excluding hydrogens is 146 g/mol. The standard InChI is InChI=1S/C7H15NO3/c1-8(2,3)5-6(9)4-7(10)11/h6,9H,4-5H2,1-3H3/t6-/m1/s1/i4D2,5D2,9D. The third-order valence-electron chi connectivity index (χ3n) is 0.753.